The molecule has 1 aromatic carbocycles. The minimum Gasteiger partial charge on any atom is -0.494 e. The molecule has 0 unspecified atom stereocenters. The molecule has 1 radical (unpaired) electrons. The molecule has 0 atom stereocenters. The number of aromatic amines is 1. The van der Waals surface area contributed by atoms with Crippen molar-refractivity contribution in [3.63, 3.8) is 0 Å². The Balaban J connectivity index is 0.00000180. The van der Waals surface area contributed by atoms with Crippen LogP contribution in [0.3, 0.4) is 0 Å². The van der Waals surface area contributed by atoms with Crippen LogP contribution in [-0.4, -0.2) is 67.3 Å². The van der Waals surface area contributed by atoms with Crippen molar-refractivity contribution < 1.29 is 53.3 Å². The predicted molar refractivity (Wildman–Crippen MR) is 123 cm³/mol. The van der Waals surface area contributed by atoms with Crippen LogP contribution in [0.25, 0.3) is 16.7 Å². The van der Waals surface area contributed by atoms with Crippen LogP contribution < -0.4 is 4.74 Å². The molecule has 0 aliphatic carbocycles. The van der Waals surface area contributed by atoms with Gasteiger partial charge in [-0.25, -0.2) is 4.98 Å². The Morgan fingerprint density at radius 1 is 1.23 bits per heavy atom. The minimum atomic E-state index is -0.634. The van der Waals surface area contributed by atoms with Crippen molar-refractivity contribution in [3.8, 4) is 11.6 Å². The first kappa shape index (κ1) is 24.9. The fourth-order valence-electron chi connectivity index (χ4n) is 4.18. The maximum atomic E-state index is 13.1. The van der Waals surface area contributed by atoms with Crippen LogP contribution in [0.5, 0.6) is 5.75 Å². The van der Waals surface area contributed by atoms with Gasteiger partial charge in [-0.3, -0.25) is 19.5 Å². The van der Waals surface area contributed by atoms with Gasteiger partial charge in [0.1, 0.15) is 5.75 Å². The largest absolute Gasteiger partial charge is 0.494 e. The molecule has 0 spiro atoms. The van der Waals surface area contributed by atoms with E-state index in [2.05, 4.69) is 26.4 Å². The van der Waals surface area contributed by atoms with E-state index in [0.29, 0.717) is 54.0 Å². The molecule has 0 bridgehead atoms. The Hall–Kier alpha value is -3.24. The maximum Gasteiger partial charge on any atom is 0.295 e. The molecule has 4 heterocycles. The van der Waals surface area contributed by atoms with Crippen LogP contribution in [-0.2, 0) is 37.5 Å². The Morgan fingerprint density at radius 3 is 2.69 bits per heavy atom. The quantitative estimate of drug-likeness (QED) is 0.204. The summed E-state index contributed by atoms with van der Waals surface area (Å²) in [4.78, 5) is 50.9. The van der Waals surface area contributed by atoms with Gasteiger partial charge in [-0.1, -0.05) is 30.3 Å². The number of rotatable bonds is 8. The van der Waals surface area contributed by atoms with Crippen molar-refractivity contribution in [3.05, 3.63) is 66.5 Å². The zero-order valence-corrected chi connectivity index (χ0v) is 21.8. The number of ketones is 2. The first-order valence-electron chi connectivity index (χ1n) is 10.8. The van der Waals surface area contributed by atoms with Gasteiger partial charge in [0.05, 0.1) is 29.8 Å². The van der Waals surface area contributed by atoms with E-state index in [0.717, 1.165) is 0 Å². The van der Waals surface area contributed by atoms with Crippen molar-refractivity contribution in [2.24, 2.45) is 5.92 Å². The number of nitrogens with zero attached hydrogens (tertiary/aromatic N) is 5. The first-order chi connectivity index (χ1) is 16.6. The molecule has 1 amide bonds. The Labute approximate surface area is 227 Å². The molecule has 35 heavy (non-hydrogen) atoms. The smallest absolute Gasteiger partial charge is 0.295 e. The average molecular weight is 548 g/mol. The average Bonchev–Trinajstić information content (AvgIpc) is 3.53. The Bertz CT molecular complexity index is 1370. The third kappa shape index (κ3) is 4.81. The van der Waals surface area contributed by atoms with E-state index in [1.807, 2.05) is 18.2 Å². The van der Waals surface area contributed by atoms with Gasteiger partial charge in [0.15, 0.2) is 11.6 Å². The SMILES string of the molecule is COc1cnc(-n2cn[c-]n2)c2[nH]cc(C(=O)C(=O)N3CC(CCC(=O)c4ccccc4)C3)c12.[HH].[Y]. The van der Waals surface area contributed by atoms with Crippen molar-refractivity contribution in [1.29, 1.82) is 0 Å². The fraction of sp³-hybridized carbons (Fsp3) is 0.250. The number of Topliss-reactive ketones (excluding diaryl/α,β-unsaturated/α-hetero) is 2. The number of likely N-dealkylation sites (tertiary alicyclic amines) is 1. The number of benzene rings is 1. The topological polar surface area (TPSA) is 123 Å². The van der Waals surface area contributed by atoms with Gasteiger partial charge in [0.25, 0.3) is 11.7 Å². The van der Waals surface area contributed by atoms with Crippen molar-refractivity contribution >= 4 is 28.4 Å². The second kappa shape index (κ2) is 10.6. The molecule has 177 valence electrons. The zero-order valence-electron chi connectivity index (χ0n) is 19.0. The summed E-state index contributed by atoms with van der Waals surface area (Å²) in [7, 11) is 1.47. The van der Waals surface area contributed by atoms with Crippen LogP contribution in [0, 0.1) is 12.2 Å². The number of carbonyl (C=O) groups is 3. The third-order valence-electron chi connectivity index (χ3n) is 6.03. The number of H-pyrrole nitrogens is 1. The van der Waals surface area contributed by atoms with Gasteiger partial charge < -0.3 is 24.3 Å². The standard InChI is InChI=1S/C24H21N6O4.Y.H2/c1-34-19-10-27-23(30-14-25-13-28-30)21-20(19)17(9-26-21)22(32)24(33)29-11-15(12-29)7-8-18(31)16-5-3-2-4-6-16;;/h2-6,9-10,14-15,26H,7-8,11-12H2,1H3;;1H/q-1;;. The monoisotopic (exact) mass is 548 g/mol. The predicted octanol–water partition coefficient (Wildman–Crippen LogP) is 2.50. The molecular formula is C24H23N6O4Y-. The van der Waals surface area contributed by atoms with Crippen LogP contribution in [0.15, 0.2) is 49.1 Å². The number of methoxy groups -OCH3 is 1. The summed E-state index contributed by atoms with van der Waals surface area (Å²) in [6, 6.07) is 9.15. The molecule has 1 aliphatic rings. The van der Waals surface area contributed by atoms with Crippen LogP contribution in [0.2, 0.25) is 0 Å². The molecule has 0 saturated carbocycles. The summed E-state index contributed by atoms with van der Waals surface area (Å²) in [5.74, 6) is -0.168. The summed E-state index contributed by atoms with van der Waals surface area (Å²) >= 11 is 0. The van der Waals surface area contributed by atoms with Gasteiger partial charge in [-0.15, -0.1) is 0 Å². The van der Waals surface area contributed by atoms with Crippen molar-refractivity contribution in [2.45, 2.75) is 12.8 Å². The minimum absolute atomic E-state index is 0. The van der Waals surface area contributed by atoms with E-state index < -0.39 is 11.7 Å². The number of hydrogen-bond acceptors (Lipinski definition) is 7. The van der Waals surface area contributed by atoms with Gasteiger partial charge in [0, 0.05) is 65.4 Å². The second-order valence-electron chi connectivity index (χ2n) is 8.12. The van der Waals surface area contributed by atoms with Gasteiger partial charge in [-0.05, 0) is 25.0 Å². The fourth-order valence-corrected chi connectivity index (χ4v) is 4.18. The molecule has 3 aromatic heterocycles. The molecular weight excluding hydrogens is 525 g/mol. The van der Waals surface area contributed by atoms with Crippen molar-refractivity contribution in [2.75, 3.05) is 20.2 Å². The second-order valence-corrected chi connectivity index (χ2v) is 8.12. The third-order valence-corrected chi connectivity index (χ3v) is 6.03. The Kier molecular flexibility index (Phi) is 7.52. The number of ether oxygens (including phenoxy) is 1. The molecule has 11 heteroatoms. The van der Waals surface area contributed by atoms with Gasteiger partial charge in [0.2, 0.25) is 0 Å². The summed E-state index contributed by atoms with van der Waals surface area (Å²) in [6.07, 6.45) is 7.94. The van der Waals surface area contributed by atoms with Crippen LogP contribution >= 0.6 is 0 Å². The summed E-state index contributed by atoms with van der Waals surface area (Å²) in [5, 5.41) is 4.41. The molecule has 4 aromatic rings. The van der Waals surface area contributed by atoms with Crippen molar-refractivity contribution in [1.82, 2.24) is 29.6 Å². The number of carbonyl (C=O) groups excluding carboxylic acids is 3. The van der Waals surface area contributed by atoms with E-state index in [1.165, 1.54) is 35.4 Å². The van der Waals surface area contributed by atoms with E-state index in [4.69, 9.17) is 4.74 Å². The van der Waals surface area contributed by atoms with E-state index in [9.17, 15) is 14.4 Å². The van der Waals surface area contributed by atoms with Gasteiger partial charge in [-0.2, -0.15) is 0 Å². The molecule has 1 fully saturated rings. The number of pyridine rings is 1. The van der Waals surface area contributed by atoms with Crippen LogP contribution in [0.1, 0.15) is 35.0 Å². The van der Waals surface area contributed by atoms with E-state index in [-0.39, 0.29) is 51.4 Å². The van der Waals surface area contributed by atoms with E-state index in [1.54, 1.807) is 12.1 Å². The molecule has 1 N–H and O–H groups in total. The zero-order chi connectivity index (χ0) is 23.7. The number of aromatic nitrogens is 5. The van der Waals surface area contributed by atoms with Crippen LogP contribution in [0.4, 0.5) is 0 Å². The number of hydrogen-bond donors (Lipinski definition) is 1. The maximum absolute atomic E-state index is 13.1. The van der Waals surface area contributed by atoms with Gasteiger partial charge >= 0.3 is 0 Å². The van der Waals surface area contributed by atoms with E-state index >= 15 is 0 Å². The number of amides is 1. The first-order valence-corrected chi connectivity index (χ1v) is 10.8. The molecule has 1 aliphatic heterocycles. The number of fused-ring (bicyclic) bond motifs is 1. The normalized spacial score (nSPS) is 13.2. The summed E-state index contributed by atoms with van der Waals surface area (Å²) in [5.41, 5.74) is 1.39. The summed E-state index contributed by atoms with van der Waals surface area (Å²) < 4.78 is 6.80. The molecule has 10 nitrogen and oxygen atoms in total. The Morgan fingerprint density at radius 2 is 2.00 bits per heavy atom. The molecule has 1 saturated heterocycles. The number of nitrogens with one attached hydrogen (secondary N) is 1. The molecule has 5 rings (SSSR count). The summed E-state index contributed by atoms with van der Waals surface area (Å²) in [6.45, 7) is 0.904.